The minimum absolute atomic E-state index is 0.172. The van der Waals surface area contributed by atoms with E-state index in [0.29, 0.717) is 5.16 Å². The predicted octanol–water partition coefficient (Wildman–Crippen LogP) is 3.42. The van der Waals surface area contributed by atoms with Gasteiger partial charge in [0.2, 0.25) is 5.91 Å². The maximum absolute atomic E-state index is 12.9. The highest BCUT2D eigenvalue weighted by molar-refractivity contribution is 8.00. The van der Waals surface area contributed by atoms with Crippen LogP contribution in [0.15, 0.2) is 65.8 Å². The molecule has 1 amide bonds. The highest BCUT2D eigenvalue weighted by Gasteiger charge is 2.24. The van der Waals surface area contributed by atoms with Gasteiger partial charge in [0.1, 0.15) is 16.9 Å². The topological polar surface area (TPSA) is 107 Å². The number of nitrogens with one attached hydrogen (secondary N) is 1. The lowest BCUT2D eigenvalue weighted by Gasteiger charge is -2.16. The number of anilines is 3. The number of benzene rings is 2. The molecule has 0 saturated heterocycles. The molecule has 2 aromatic carbocycles. The van der Waals surface area contributed by atoms with Crippen molar-refractivity contribution in [1.82, 2.24) is 9.97 Å². The van der Waals surface area contributed by atoms with Gasteiger partial charge in [-0.2, -0.15) is 0 Å². The van der Waals surface area contributed by atoms with E-state index in [2.05, 4.69) is 15.3 Å². The number of aromatic nitrogens is 2. The highest BCUT2D eigenvalue weighted by Crippen LogP contribution is 2.35. The summed E-state index contributed by atoms with van der Waals surface area (Å²) in [6, 6.07) is 18.6. The van der Waals surface area contributed by atoms with E-state index in [-0.39, 0.29) is 17.5 Å². The molecular formula is C19H19N5OS. The second-order valence-corrected chi connectivity index (χ2v) is 6.84. The number of hydrogen-bond acceptors (Lipinski definition) is 6. The van der Waals surface area contributed by atoms with Gasteiger partial charge in [-0.1, -0.05) is 59.8 Å². The van der Waals surface area contributed by atoms with Gasteiger partial charge >= 0.3 is 0 Å². The number of nitrogens with zero attached hydrogens (tertiary/aromatic N) is 2. The summed E-state index contributed by atoms with van der Waals surface area (Å²) in [6.07, 6.45) is 0. The van der Waals surface area contributed by atoms with Crippen LogP contribution in [-0.4, -0.2) is 15.9 Å². The van der Waals surface area contributed by atoms with Gasteiger partial charge in [-0.15, -0.1) is 0 Å². The molecule has 1 heterocycles. The lowest BCUT2D eigenvalue weighted by atomic mass is 10.1. The molecule has 26 heavy (non-hydrogen) atoms. The maximum Gasteiger partial charge on any atom is 0.242 e. The molecule has 1 aromatic heterocycles. The second kappa shape index (κ2) is 7.88. The van der Waals surface area contributed by atoms with Crippen LogP contribution in [0, 0.1) is 6.92 Å². The van der Waals surface area contributed by atoms with E-state index in [1.165, 1.54) is 17.8 Å². The van der Waals surface area contributed by atoms with E-state index in [9.17, 15) is 4.79 Å². The third-order valence-corrected chi connectivity index (χ3v) is 4.74. The number of amides is 1. The van der Waals surface area contributed by atoms with Crippen LogP contribution < -0.4 is 16.8 Å². The van der Waals surface area contributed by atoms with Crippen molar-refractivity contribution in [2.45, 2.75) is 17.3 Å². The van der Waals surface area contributed by atoms with Crippen LogP contribution in [0.4, 0.5) is 17.3 Å². The van der Waals surface area contributed by atoms with Crippen LogP contribution in [0.25, 0.3) is 0 Å². The molecule has 0 saturated carbocycles. The molecule has 0 aliphatic heterocycles. The molecular weight excluding hydrogens is 346 g/mol. The summed E-state index contributed by atoms with van der Waals surface area (Å²) in [4.78, 5) is 21.3. The Morgan fingerprint density at radius 1 is 1.00 bits per heavy atom. The zero-order valence-electron chi connectivity index (χ0n) is 14.2. The SMILES string of the molecule is Cc1ccc(NC(=O)[C@@H](Sc2nc(N)cc(N)n2)c2ccccc2)cc1. The van der Waals surface area contributed by atoms with Crippen LogP contribution in [0.1, 0.15) is 16.4 Å². The average Bonchev–Trinajstić information content (AvgIpc) is 2.61. The predicted molar refractivity (Wildman–Crippen MR) is 106 cm³/mol. The van der Waals surface area contributed by atoms with Crippen molar-refractivity contribution in [3.63, 3.8) is 0 Å². The number of thioether (sulfide) groups is 1. The summed E-state index contributed by atoms with van der Waals surface area (Å²) in [7, 11) is 0. The van der Waals surface area contributed by atoms with Crippen molar-refractivity contribution in [1.29, 1.82) is 0 Å². The molecule has 3 rings (SSSR count). The highest BCUT2D eigenvalue weighted by atomic mass is 32.2. The molecule has 0 unspecified atom stereocenters. The average molecular weight is 365 g/mol. The first kappa shape index (κ1) is 17.8. The molecule has 0 bridgehead atoms. The summed E-state index contributed by atoms with van der Waals surface area (Å²) >= 11 is 1.21. The quantitative estimate of drug-likeness (QED) is 0.472. The Labute approximate surface area is 156 Å². The summed E-state index contributed by atoms with van der Waals surface area (Å²) in [5.41, 5.74) is 14.2. The Kier molecular flexibility index (Phi) is 5.38. The smallest absolute Gasteiger partial charge is 0.242 e. The van der Waals surface area contributed by atoms with Crippen molar-refractivity contribution < 1.29 is 4.79 Å². The first-order valence-electron chi connectivity index (χ1n) is 8.00. The Bertz CT molecular complexity index is 879. The number of nitrogen functional groups attached to an aromatic ring is 2. The molecule has 0 aliphatic carbocycles. The van der Waals surface area contributed by atoms with Crippen LogP contribution in [-0.2, 0) is 4.79 Å². The van der Waals surface area contributed by atoms with E-state index in [1.54, 1.807) is 0 Å². The fourth-order valence-electron chi connectivity index (χ4n) is 2.37. The van der Waals surface area contributed by atoms with E-state index in [1.807, 2.05) is 61.5 Å². The van der Waals surface area contributed by atoms with Crippen molar-refractivity contribution in [2.75, 3.05) is 16.8 Å². The van der Waals surface area contributed by atoms with Crippen molar-refractivity contribution in [3.8, 4) is 0 Å². The first-order valence-corrected chi connectivity index (χ1v) is 8.88. The number of hydrogen-bond donors (Lipinski definition) is 3. The van der Waals surface area contributed by atoms with Crippen LogP contribution >= 0.6 is 11.8 Å². The number of nitrogens with two attached hydrogens (primary N) is 2. The molecule has 0 aliphatic rings. The molecule has 3 aromatic rings. The van der Waals surface area contributed by atoms with Crippen LogP contribution in [0.5, 0.6) is 0 Å². The van der Waals surface area contributed by atoms with E-state index in [4.69, 9.17) is 11.5 Å². The molecule has 0 fully saturated rings. The van der Waals surface area contributed by atoms with Gasteiger partial charge < -0.3 is 16.8 Å². The maximum atomic E-state index is 12.9. The molecule has 6 nitrogen and oxygen atoms in total. The summed E-state index contributed by atoms with van der Waals surface area (Å²) in [5, 5.41) is 2.75. The van der Waals surface area contributed by atoms with E-state index in [0.717, 1.165) is 16.8 Å². The van der Waals surface area contributed by atoms with Gasteiger partial charge in [0, 0.05) is 11.8 Å². The summed E-state index contributed by atoms with van der Waals surface area (Å²) < 4.78 is 0. The molecule has 7 heteroatoms. The summed E-state index contributed by atoms with van der Waals surface area (Å²) in [5.74, 6) is 0.367. The van der Waals surface area contributed by atoms with Gasteiger partial charge in [-0.05, 0) is 24.6 Å². The molecule has 0 spiro atoms. The minimum atomic E-state index is -0.543. The number of aryl methyl sites for hydroxylation is 1. The fourth-order valence-corrected chi connectivity index (χ4v) is 3.35. The largest absolute Gasteiger partial charge is 0.383 e. The normalized spacial score (nSPS) is 11.7. The Morgan fingerprint density at radius 3 is 2.23 bits per heavy atom. The zero-order valence-corrected chi connectivity index (χ0v) is 15.0. The van der Waals surface area contributed by atoms with Gasteiger partial charge in [-0.3, -0.25) is 4.79 Å². The second-order valence-electron chi connectivity index (χ2n) is 5.76. The third kappa shape index (κ3) is 4.52. The number of carbonyl (C=O) groups excluding carboxylic acids is 1. The van der Waals surface area contributed by atoms with Crippen molar-refractivity contribution in [3.05, 3.63) is 71.8 Å². The Morgan fingerprint density at radius 2 is 1.62 bits per heavy atom. The minimum Gasteiger partial charge on any atom is -0.383 e. The number of rotatable bonds is 5. The Balaban J connectivity index is 1.87. The molecule has 0 radical (unpaired) electrons. The monoisotopic (exact) mass is 365 g/mol. The standard InChI is InChI=1S/C19H19N5OS/c1-12-7-9-14(10-8-12)22-18(25)17(13-5-3-2-4-6-13)26-19-23-15(20)11-16(21)24-19/h2-11,17H,1H3,(H,22,25)(H4,20,21,23,24)/t17-/m0/s1. The molecule has 1 atom stereocenters. The lowest BCUT2D eigenvalue weighted by molar-refractivity contribution is -0.115. The van der Waals surface area contributed by atoms with E-state index < -0.39 is 5.25 Å². The number of carbonyl (C=O) groups is 1. The first-order chi connectivity index (χ1) is 12.5. The van der Waals surface area contributed by atoms with Gasteiger partial charge in [-0.25, -0.2) is 9.97 Å². The molecule has 5 N–H and O–H groups in total. The Hall–Kier alpha value is -3.06. The van der Waals surface area contributed by atoms with Gasteiger partial charge in [0.05, 0.1) is 0 Å². The van der Waals surface area contributed by atoms with Crippen molar-refractivity contribution in [2.24, 2.45) is 0 Å². The van der Waals surface area contributed by atoms with Gasteiger partial charge in [0.25, 0.3) is 0 Å². The molecule has 132 valence electrons. The van der Waals surface area contributed by atoms with Crippen LogP contribution in [0.3, 0.4) is 0 Å². The zero-order chi connectivity index (χ0) is 18.5. The summed E-state index contributed by atoms with van der Waals surface area (Å²) in [6.45, 7) is 2.00. The van der Waals surface area contributed by atoms with Gasteiger partial charge in [0.15, 0.2) is 5.16 Å². The fraction of sp³-hybridized carbons (Fsp3) is 0.105. The van der Waals surface area contributed by atoms with Crippen LogP contribution in [0.2, 0.25) is 0 Å². The third-order valence-electron chi connectivity index (χ3n) is 3.63. The lowest BCUT2D eigenvalue weighted by Crippen LogP contribution is -2.19. The van der Waals surface area contributed by atoms with Crippen molar-refractivity contribution >= 4 is 35.0 Å². The van der Waals surface area contributed by atoms with E-state index >= 15 is 0 Å².